The molecule has 21 heavy (non-hydrogen) atoms. The van der Waals surface area contributed by atoms with Gasteiger partial charge in [-0.2, -0.15) is 0 Å². The summed E-state index contributed by atoms with van der Waals surface area (Å²) >= 11 is 0. The van der Waals surface area contributed by atoms with E-state index in [-0.39, 0.29) is 24.4 Å². The Morgan fingerprint density at radius 3 is 2.71 bits per heavy atom. The number of rotatable bonds is 4. The number of hydrogen-bond acceptors (Lipinski definition) is 2. The third-order valence-corrected chi connectivity index (χ3v) is 5.12. The predicted molar refractivity (Wildman–Crippen MR) is 77.4 cm³/mol. The summed E-state index contributed by atoms with van der Waals surface area (Å²) in [6.07, 6.45) is 3.64. The van der Waals surface area contributed by atoms with Crippen LogP contribution in [0, 0.1) is 5.92 Å². The zero-order valence-corrected chi connectivity index (χ0v) is 13.5. The summed E-state index contributed by atoms with van der Waals surface area (Å²) in [6, 6.07) is 11.6. The summed E-state index contributed by atoms with van der Waals surface area (Å²) in [5.41, 5.74) is 1.32. The van der Waals surface area contributed by atoms with Crippen LogP contribution in [-0.2, 0) is 9.53 Å². The molecule has 1 aromatic rings. The van der Waals surface area contributed by atoms with E-state index in [2.05, 4.69) is 31.2 Å². The van der Waals surface area contributed by atoms with Crippen molar-refractivity contribution in [3.8, 4) is 0 Å². The summed E-state index contributed by atoms with van der Waals surface area (Å²) in [4.78, 5) is 13.8. The largest absolute Gasteiger partial charge is 1.00 e. The molecule has 1 aliphatic heterocycles. The number of benzene rings is 1. The van der Waals surface area contributed by atoms with Crippen LogP contribution in [-0.4, -0.2) is 24.7 Å². The van der Waals surface area contributed by atoms with Crippen molar-refractivity contribution in [1.82, 2.24) is 0 Å². The third-order valence-electron chi connectivity index (χ3n) is 5.12. The molecule has 1 saturated carbocycles. The van der Waals surface area contributed by atoms with Gasteiger partial charge in [-0.25, -0.2) is 4.79 Å². The Kier molecular flexibility index (Phi) is 5.28. The quantitative estimate of drug-likeness (QED) is 0.705. The first-order chi connectivity index (χ1) is 9.72. The molecule has 116 valence electrons. The second-order valence-electron chi connectivity index (χ2n) is 6.13. The summed E-state index contributed by atoms with van der Waals surface area (Å²) in [5, 5.41) is 0. The zero-order valence-electron chi connectivity index (χ0n) is 12.7. The van der Waals surface area contributed by atoms with E-state index in [1.54, 1.807) is 0 Å². The van der Waals surface area contributed by atoms with E-state index in [1.165, 1.54) is 29.7 Å². The number of fused-ring (bicyclic) bond motifs is 2. The van der Waals surface area contributed by atoms with Crippen LogP contribution < -0.4 is 17.3 Å². The molecule has 3 rings (SSSR count). The zero-order chi connectivity index (χ0) is 14.1. The van der Waals surface area contributed by atoms with Crippen molar-refractivity contribution in [2.24, 2.45) is 5.92 Å². The molecule has 4 heteroatoms. The van der Waals surface area contributed by atoms with Crippen molar-refractivity contribution in [1.29, 1.82) is 0 Å². The van der Waals surface area contributed by atoms with Crippen LogP contribution >= 0.6 is 0 Å². The van der Waals surface area contributed by atoms with Crippen LogP contribution in [0.3, 0.4) is 0 Å². The smallest absolute Gasteiger partial charge is 0.365 e. The fourth-order valence-electron chi connectivity index (χ4n) is 4.27. The van der Waals surface area contributed by atoms with Crippen LogP contribution in [0.15, 0.2) is 30.3 Å². The average molecular weight is 310 g/mol. The first-order valence-corrected chi connectivity index (χ1v) is 7.80. The Morgan fingerprint density at radius 2 is 2.05 bits per heavy atom. The maximum atomic E-state index is 12.3. The fourth-order valence-corrected chi connectivity index (χ4v) is 4.27. The number of likely N-dealkylation sites (tertiary alicyclic amines) is 1. The lowest BCUT2D eigenvalue weighted by Gasteiger charge is -2.35. The first kappa shape index (κ1) is 16.3. The SMILES string of the molecule is CCOC(=O)[C@@H]1[C@H]2CC[C@H](C2)[NH+]1[C@H](C)c1ccccc1.[Cl-]. The highest BCUT2D eigenvalue weighted by Crippen LogP contribution is 2.34. The lowest BCUT2D eigenvalue weighted by atomic mass is 9.96. The second kappa shape index (κ2) is 6.80. The van der Waals surface area contributed by atoms with Crippen molar-refractivity contribution in [3.63, 3.8) is 0 Å². The molecule has 1 aliphatic carbocycles. The van der Waals surface area contributed by atoms with E-state index in [9.17, 15) is 4.79 Å². The van der Waals surface area contributed by atoms with Crippen LogP contribution in [0.25, 0.3) is 0 Å². The number of carbonyl (C=O) groups excluding carboxylic acids is 1. The molecule has 0 radical (unpaired) electrons. The summed E-state index contributed by atoms with van der Waals surface area (Å²) in [6.45, 7) is 4.63. The van der Waals surface area contributed by atoms with Crippen LogP contribution in [0.5, 0.6) is 0 Å². The van der Waals surface area contributed by atoms with Crippen LogP contribution in [0.4, 0.5) is 0 Å². The first-order valence-electron chi connectivity index (χ1n) is 7.80. The highest BCUT2D eigenvalue weighted by molar-refractivity contribution is 5.75. The number of piperidine rings is 1. The van der Waals surface area contributed by atoms with Gasteiger partial charge in [0.1, 0.15) is 6.04 Å². The number of ether oxygens (including phenoxy) is 1. The Morgan fingerprint density at radius 1 is 1.33 bits per heavy atom. The predicted octanol–water partition coefficient (Wildman–Crippen LogP) is -1.25. The molecule has 2 bridgehead atoms. The van der Waals surface area contributed by atoms with Gasteiger partial charge in [0, 0.05) is 17.9 Å². The molecule has 1 unspecified atom stereocenters. The summed E-state index contributed by atoms with van der Waals surface area (Å²) in [7, 11) is 0. The Hall–Kier alpha value is -1.06. The van der Waals surface area contributed by atoms with Crippen molar-refractivity contribution in [3.05, 3.63) is 35.9 Å². The van der Waals surface area contributed by atoms with Crippen molar-refractivity contribution < 1.29 is 26.8 Å². The summed E-state index contributed by atoms with van der Waals surface area (Å²) < 4.78 is 5.33. The molecule has 0 aromatic heterocycles. The van der Waals surface area contributed by atoms with Crippen LogP contribution in [0.2, 0.25) is 0 Å². The summed E-state index contributed by atoms with van der Waals surface area (Å²) in [5.74, 6) is 0.540. The van der Waals surface area contributed by atoms with Gasteiger partial charge in [0.2, 0.25) is 0 Å². The lowest BCUT2D eigenvalue weighted by molar-refractivity contribution is -0.961. The monoisotopic (exact) mass is 309 g/mol. The van der Waals surface area contributed by atoms with Gasteiger partial charge in [-0.15, -0.1) is 0 Å². The number of hydrogen-bond donors (Lipinski definition) is 1. The van der Waals surface area contributed by atoms with Gasteiger partial charge >= 0.3 is 5.97 Å². The highest BCUT2D eigenvalue weighted by Gasteiger charge is 2.55. The molecule has 5 atom stereocenters. The minimum absolute atomic E-state index is 0. The number of quaternary nitrogens is 1. The van der Waals surface area contributed by atoms with Gasteiger partial charge < -0.3 is 22.0 Å². The van der Waals surface area contributed by atoms with E-state index >= 15 is 0 Å². The maximum absolute atomic E-state index is 12.3. The standard InChI is InChI=1S/C17H23NO2.ClH/c1-3-20-17(19)16-14-9-10-15(11-14)18(16)12(2)13-7-5-4-6-8-13;/h4-8,12,14-16H,3,9-11H2,1-2H3;1H/t12-,14+,15-,16+;/m1./s1. The molecule has 1 aromatic carbocycles. The maximum Gasteiger partial charge on any atom is 0.365 e. The van der Waals surface area contributed by atoms with Gasteiger partial charge in [-0.3, -0.25) is 0 Å². The number of carbonyl (C=O) groups is 1. The van der Waals surface area contributed by atoms with Gasteiger partial charge in [-0.05, 0) is 26.7 Å². The minimum Gasteiger partial charge on any atom is -1.00 e. The van der Waals surface area contributed by atoms with E-state index in [1.807, 2.05) is 13.0 Å². The highest BCUT2D eigenvalue weighted by atomic mass is 35.5. The molecule has 0 spiro atoms. The number of esters is 1. The van der Waals surface area contributed by atoms with Gasteiger partial charge in [0.05, 0.1) is 12.6 Å². The molecule has 2 aliphatic rings. The van der Waals surface area contributed by atoms with Crippen molar-refractivity contribution in [2.45, 2.75) is 51.2 Å². The minimum atomic E-state index is 0. The van der Waals surface area contributed by atoms with E-state index in [0.29, 0.717) is 24.6 Å². The van der Waals surface area contributed by atoms with Gasteiger partial charge in [0.15, 0.2) is 6.04 Å². The van der Waals surface area contributed by atoms with Gasteiger partial charge in [0.25, 0.3) is 0 Å². The van der Waals surface area contributed by atoms with Gasteiger partial charge in [-0.1, -0.05) is 30.3 Å². The normalized spacial score (nSPS) is 31.5. The molecule has 1 heterocycles. The topological polar surface area (TPSA) is 30.7 Å². The lowest BCUT2D eigenvalue weighted by Crippen LogP contribution is -3.18. The van der Waals surface area contributed by atoms with Crippen LogP contribution in [0.1, 0.15) is 44.7 Å². The van der Waals surface area contributed by atoms with E-state index in [4.69, 9.17) is 4.74 Å². The van der Waals surface area contributed by atoms with Crippen molar-refractivity contribution >= 4 is 5.97 Å². The molecule has 1 N–H and O–H groups in total. The number of nitrogens with one attached hydrogen (secondary N) is 1. The molecule has 0 amide bonds. The molecular formula is C17H24ClNO2. The molecular weight excluding hydrogens is 286 g/mol. The van der Waals surface area contributed by atoms with E-state index < -0.39 is 0 Å². The fraction of sp³-hybridized carbons (Fsp3) is 0.588. The Bertz CT molecular complexity index is 479. The molecule has 3 nitrogen and oxygen atoms in total. The third kappa shape index (κ3) is 2.95. The Labute approximate surface area is 133 Å². The van der Waals surface area contributed by atoms with Crippen molar-refractivity contribution in [2.75, 3.05) is 6.61 Å². The molecule has 2 fully saturated rings. The number of halogens is 1. The average Bonchev–Trinajstić information content (AvgIpc) is 3.08. The Balaban J connectivity index is 0.00000161. The van der Waals surface area contributed by atoms with E-state index in [0.717, 1.165) is 0 Å². The molecule has 1 saturated heterocycles. The second-order valence-corrected chi connectivity index (χ2v) is 6.13.